The van der Waals surface area contributed by atoms with Crippen LogP contribution >= 0.6 is 0 Å². The fraction of sp³-hybridized carbons (Fsp3) is 0.375. The maximum absolute atomic E-state index is 3.99. The van der Waals surface area contributed by atoms with Gasteiger partial charge in [0.1, 0.15) is 0 Å². The Morgan fingerprint density at radius 2 is 2.25 bits per heavy atom. The molecule has 0 heterocycles. The van der Waals surface area contributed by atoms with Crippen molar-refractivity contribution >= 4 is 0 Å². The Morgan fingerprint density at radius 1 is 1.50 bits per heavy atom. The Morgan fingerprint density at radius 3 is 2.50 bits per heavy atom. The molecule has 1 unspecified atom stereocenters. The van der Waals surface area contributed by atoms with Gasteiger partial charge in [0.25, 0.3) is 0 Å². The van der Waals surface area contributed by atoms with E-state index >= 15 is 0 Å². The predicted octanol–water partition coefficient (Wildman–Crippen LogP) is 2.34. The molecule has 0 N–H and O–H groups in total. The van der Waals surface area contributed by atoms with Gasteiger partial charge in [-0.2, -0.15) is 0 Å². The molecule has 8 heavy (non-hydrogen) atoms. The van der Waals surface area contributed by atoms with Crippen LogP contribution in [0.2, 0.25) is 0 Å². The smallest absolute Gasteiger partial charge is 0.0109 e. The second-order valence-corrected chi connectivity index (χ2v) is 2.65. The monoisotopic (exact) mass is 107 g/mol. The summed E-state index contributed by atoms with van der Waals surface area (Å²) >= 11 is 0. The van der Waals surface area contributed by atoms with Gasteiger partial charge in [-0.3, -0.25) is 0 Å². The third-order valence-electron chi connectivity index (χ3n) is 1.33. The molecule has 0 saturated carbocycles. The molecular weight excluding hydrogens is 96.1 g/mol. The van der Waals surface area contributed by atoms with Crippen LogP contribution in [0.4, 0.5) is 0 Å². The standard InChI is InChI=1S/C8H11/c1-8(2)6-4-3-5-7-8/h3-6H,1,7H2,2H3. The van der Waals surface area contributed by atoms with Gasteiger partial charge in [-0.1, -0.05) is 31.2 Å². The Kier molecular flexibility index (Phi) is 1.24. The number of rotatable bonds is 0. The lowest BCUT2D eigenvalue weighted by molar-refractivity contribution is 0.551. The van der Waals surface area contributed by atoms with Gasteiger partial charge in [-0.25, -0.2) is 0 Å². The summed E-state index contributed by atoms with van der Waals surface area (Å²) in [7, 11) is 0. The van der Waals surface area contributed by atoms with Crippen LogP contribution in [0.15, 0.2) is 24.3 Å². The summed E-state index contributed by atoms with van der Waals surface area (Å²) in [5.74, 6) is 0. The van der Waals surface area contributed by atoms with E-state index in [0.717, 1.165) is 6.42 Å². The van der Waals surface area contributed by atoms with Crippen molar-refractivity contribution < 1.29 is 0 Å². The normalized spacial score (nSPS) is 23.8. The average Bonchev–Trinajstić information content (AvgIpc) is 1.65. The van der Waals surface area contributed by atoms with Crippen molar-refractivity contribution in [2.75, 3.05) is 0 Å². The van der Waals surface area contributed by atoms with E-state index in [1.807, 2.05) is 0 Å². The van der Waals surface area contributed by atoms with Crippen LogP contribution in [0, 0.1) is 12.3 Å². The van der Waals surface area contributed by atoms with Crippen LogP contribution in [-0.2, 0) is 0 Å². The highest BCUT2D eigenvalue weighted by Crippen LogP contribution is 2.24. The Hall–Kier alpha value is -0.520. The quantitative estimate of drug-likeness (QED) is 0.445. The van der Waals surface area contributed by atoms with Crippen molar-refractivity contribution in [3.63, 3.8) is 0 Å². The van der Waals surface area contributed by atoms with E-state index < -0.39 is 0 Å². The summed E-state index contributed by atoms with van der Waals surface area (Å²) in [5.41, 5.74) is 0.161. The molecule has 1 rings (SSSR count). The SMILES string of the molecule is [CH2]C1(C)C=CC=CC1. The highest BCUT2D eigenvalue weighted by atomic mass is 14.2. The number of allylic oxidation sites excluding steroid dienone is 4. The molecule has 1 aliphatic carbocycles. The largest absolute Gasteiger partial charge is 0.0837 e. The van der Waals surface area contributed by atoms with E-state index in [-0.39, 0.29) is 5.41 Å². The van der Waals surface area contributed by atoms with E-state index in [1.165, 1.54) is 0 Å². The third-order valence-corrected chi connectivity index (χ3v) is 1.33. The van der Waals surface area contributed by atoms with Gasteiger partial charge in [0.15, 0.2) is 0 Å². The number of hydrogen-bond acceptors (Lipinski definition) is 0. The summed E-state index contributed by atoms with van der Waals surface area (Å²) in [4.78, 5) is 0. The maximum atomic E-state index is 3.99. The summed E-state index contributed by atoms with van der Waals surface area (Å²) in [6.45, 7) is 6.12. The van der Waals surface area contributed by atoms with Crippen LogP contribution in [0.1, 0.15) is 13.3 Å². The molecule has 0 aromatic heterocycles. The molecular formula is C8H11. The van der Waals surface area contributed by atoms with Gasteiger partial charge < -0.3 is 0 Å². The molecule has 0 spiro atoms. The van der Waals surface area contributed by atoms with Gasteiger partial charge in [0.05, 0.1) is 0 Å². The van der Waals surface area contributed by atoms with E-state index in [2.05, 4.69) is 38.2 Å². The lowest BCUT2D eigenvalue weighted by atomic mass is 9.86. The maximum Gasteiger partial charge on any atom is -0.0109 e. The second-order valence-electron chi connectivity index (χ2n) is 2.65. The van der Waals surface area contributed by atoms with Crippen LogP contribution < -0.4 is 0 Å². The summed E-state index contributed by atoms with van der Waals surface area (Å²) in [6, 6.07) is 0. The van der Waals surface area contributed by atoms with Crippen LogP contribution in [0.3, 0.4) is 0 Å². The molecule has 1 radical (unpaired) electrons. The summed E-state index contributed by atoms with van der Waals surface area (Å²) in [6.07, 6.45) is 9.47. The fourth-order valence-electron chi connectivity index (χ4n) is 0.772. The van der Waals surface area contributed by atoms with Crippen molar-refractivity contribution in [3.05, 3.63) is 31.2 Å². The molecule has 0 heteroatoms. The van der Waals surface area contributed by atoms with Gasteiger partial charge in [-0.05, 0) is 18.8 Å². The first kappa shape index (κ1) is 5.61. The first-order valence-electron chi connectivity index (χ1n) is 2.90. The van der Waals surface area contributed by atoms with E-state index in [4.69, 9.17) is 0 Å². The third kappa shape index (κ3) is 1.22. The minimum Gasteiger partial charge on any atom is -0.0837 e. The molecule has 0 aromatic rings. The molecule has 0 bridgehead atoms. The van der Waals surface area contributed by atoms with Crippen LogP contribution in [-0.4, -0.2) is 0 Å². The topological polar surface area (TPSA) is 0 Å². The van der Waals surface area contributed by atoms with E-state index in [9.17, 15) is 0 Å². The molecule has 0 amide bonds. The van der Waals surface area contributed by atoms with Crippen molar-refractivity contribution in [1.82, 2.24) is 0 Å². The van der Waals surface area contributed by atoms with Gasteiger partial charge in [-0.15, -0.1) is 0 Å². The first-order valence-corrected chi connectivity index (χ1v) is 2.90. The van der Waals surface area contributed by atoms with Crippen molar-refractivity contribution in [2.24, 2.45) is 5.41 Å². The predicted molar refractivity (Wildman–Crippen MR) is 36.4 cm³/mol. The summed E-state index contributed by atoms with van der Waals surface area (Å²) < 4.78 is 0. The zero-order valence-electron chi connectivity index (χ0n) is 5.22. The molecule has 1 aliphatic rings. The van der Waals surface area contributed by atoms with Gasteiger partial charge >= 0.3 is 0 Å². The van der Waals surface area contributed by atoms with E-state index in [1.54, 1.807) is 0 Å². The van der Waals surface area contributed by atoms with Crippen molar-refractivity contribution in [3.8, 4) is 0 Å². The van der Waals surface area contributed by atoms with Crippen molar-refractivity contribution in [1.29, 1.82) is 0 Å². The fourth-order valence-corrected chi connectivity index (χ4v) is 0.772. The molecule has 1 atom stereocenters. The minimum absolute atomic E-state index is 0.161. The second kappa shape index (κ2) is 1.77. The lowest BCUT2D eigenvalue weighted by Gasteiger charge is -2.18. The molecule has 0 aromatic carbocycles. The first-order chi connectivity index (χ1) is 3.71. The highest BCUT2D eigenvalue weighted by molar-refractivity contribution is 5.16. The highest BCUT2D eigenvalue weighted by Gasteiger charge is 2.12. The minimum atomic E-state index is 0.161. The number of hydrogen-bond donors (Lipinski definition) is 0. The average molecular weight is 107 g/mol. The molecule has 0 aliphatic heterocycles. The summed E-state index contributed by atoms with van der Waals surface area (Å²) in [5, 5.41) is 0. The van der Waals surface area contributed by atoms with Gasteiger partial charge in [0, 0.05) is 0 Å². The molecule has 0 fully saturated rings. The van der Waals surface area contributed by atoms with Crippen molar-refractivity contribution in [2.45, 2.75) is 13.3 Å². The molecule has 43 valence electrons. The van der Waals surface area contributed by atoms with Gasteiger partial charge in [0.2, 0.25) is 0 Å². The Bertz CT molecular complexity index is 127. The van der Waals surface area contributed by atoms with Crippen LogP contribution in [0.5, 0.6) is 0 Å². The van der Waals surface area contributed by atoms with E-state index in [0.29, 0.717) is 0 Å². The lowest BCUT2D eigenvalue weighted by Crippen LogP contribution is -2.07. The zero-order chi connectivity index (χ0) is 6.04. The molecule has 0 nitrogen and oxygen atoms in total. The van der Waals surface area contributed by atoms with Crippen LogP contribution in [0.25, 0.3) is 0 Å². The zero-order valence-corrected chi connectivity index (χ0v) is 5.22. The Labute approximate surface area is 50.9 Å². The molecule has 0 saturated heterocycles. The Balaban J connectivity index is 2.65.